The van der Waals surface area contributed by atoms with E-state index < -0.39 is 0 Å². The quantitative estimate of drug-likeness (QED) is 0.887. The highest BCUT2D eigenvalue weighted by atomic mass is 16.5. The molecule has 1 aromatic carbocycles. The van der Waals surface area contributed by atoms with Gasteiger partial charge in [0.15, 0.2) is 0 Å². The molecule has 0 spiro atoms. The summed E-state index contributed by atoms with van der Waals surface area (Å²) in [6, 6.07) is 11.9. The van der Waals surface area contributed by atoms with Crippen LogP contribution in [0.1, 0.15) is 37.3 Å². The van der Waals surface area contributed by atoms with E-state index in [1.165, 1.54) is 0 Å². The molecule has 24 heavy (non-hydrogen) atoms. The molecule has 1 heterocycles. The van der Waals surface area contributed by atoms with Crippen molar-refractivity contribution in [2.45, 2.75) is 38.1 Å². The van der Waals surface area contributed by atoms with Crippen molar-refractivity contribution in [2.75, 3.05) is 7.11 Å². The molecule has 4 heteroatoms. The van der Waals surface area contributed by atoms with Crippen molar-refractivity contribution in [3.05, 3.63) is 59.9 Å². The number of para-hydroxylation sites is 1. The van der Waals surface area contributed by atoms with E-state index in [0.717, 1.165) is 29.7 Å². The monoisotopic (exact) mass is 324 g/mol. The minimum absolute atomic E-state index is 0.0612. The van der Waals surface area contributed by atoms with E-state index >= 15 is 0 Å². The summed E-state index contributed by atoms with van der Waals surface area (Å²) in [7, 11) is 1.67. The lowest BCUT2D eigenvalue weighted by Crippen LogP contribution is -2.46. The van der Waals surface area contributed by atoms with Crippen molar-refractivity contribution in [1.82, 2.24) is 10.3 Å². The molecule has 1 aliphatic rings. The van der Waals surface area contributed by atoms with Crippen LogP contribution in [0, 0.1) is 5.92 Å². The van der Waals surface area contributed by atoms with Crippen molar-refractivity contribution in [2.24, 2.45) is 5.92 Å². The van der Waals surface area contributed by atoms with E-state index in [9.17, 15) is 4.79 Å². The van der Waals surface area contributed by atoms with Gasteiger partial charge >= 0.3 is 0 Å². The number of hydrogen-bond acceptors (Lipinski definition) is 3. The third-order valence-corrected chi connectivity index (χ3v) is 4.53. The summed E-state index contributed by atoms with van der Waals surface area (Å²) in [6.07, 6.45) is 5.25. The number of hydrogen-bond donors (Lipinski definition) is 1. The van der Waals surface area contributed by atoms with Crippen molar-refractivity contribution in [3.8, 4) is 5.75 Å². The first-order valence-electron chi connectivity index (χ1n) is 8.34. The molecule has 0 bridgehead atoms. The van der Waals surface area contributed by atoms with Crippen LogP contribution in [0.5, 0.6) is 5.75 Å². The Morgan fingerprint density at radius 1 is 1.29 bits per heavy atom. The average molecular weight is 324 g/mol. The lowest BCUT2D eigenvalue weighted by molar-refractivity contribution is -0.124. The van der Waals surface area contributed by atoms with Crippen LogP contribution >= 0.6 is 0 Å². The molecular formula is C20H24N2O2. The second kappa shape index (κ2) is 6.63. The third kappa shape index (κ3) is 3.75. The Balaban J connectivity index is 1.62. The Kier molecular flexibility index (Phi) is 4.56. The lowest BCUT2D eigenvalue weighted by Gasteiger charge is -2.27. The summed E-state index contributed by atoms with van der Waals surface area (Å²) >= 11 is 0. The van der Waals surface area contributed by atoms with Crippen molar-refractivity contribution >= 4 is 5.91 Å². The van der Waals surface area contributed by atoms with E-state index in [-0.39, 0.29) is 17.4 Å². The number of pyridine rings is 1. The fourth-order valence-corrected chi connectivity index (χ4v) is 3.24. The molecule has 0 aliphatic heterocycles. The van der Waals surface area contributed by atoms with Gasteiger partial charge in [0.25, 0.3) is 0 Å². The van der Waals surface area contributed by atoms with Gasteiger partial charge in [0.05, 0.1) is 7.11 Å². The molecule has 1 aromatic heterocycles. The number of nitrogens with zero attached hydrogens (tertiary/aromatic N) is 1. The number of methoxy groups -OCH3 is 1. The molecule has 4 nitrogen and oxygen atoms in total. The summed E-state index contributed by atoms with van der Waals surface area (Å²) in [5.41, 5.74) is 1.93. The van der Waals surface area contributed by atoms with Gasteiger partial charge in [0.2, 0.25) is 5.91 Å². The Hall–Kier alpha value is -2.36. The lowest BCUT2D eigenvalue weighted by atomic mass is 9.94. The van der Waals surface area contributed by atoms with E-state index in [2.05, 4.69) is 24.1 Å². The summed E-state index contributed by atoms with van der Waals surface area (Å²) in [5.74, 6) is 1.36. The summed E-state index contributed by atoms with van der Waals surface area (Å²) in [6.45, 7) is 4.11. The van der Waals surface area contributed by atoms with Crippen LogP contribution in [0.25, 0.3) is 0 Å². The number of benzene rings is 1. The van der Waals surface area contributed by atoms with Gasteiger partial charge in [-0.25, -0.2) is 0 Å². The zero-order chi connectivity index (χ0) is 17.2. The molecule has 1 aliphatic carbocycles. The number of carbonyl (C=O) groups excluding carboxylic acids is 1. The first kappa shape index (κ1) is 16.5. The second-order valence-electron chi connectivity index (χ2n) is 7.10. The number of aromatic nitrogens is 1. The van der Waals surface area contributed by atoms with Gasteiger partial charge in [-0.2, -0.15) is 0 Å². The van der Waals surface area contributed by atoms with Crippen LogP contribution in [-0.2, 0) is 11.2 Å². The van der Waals surface area contributed by atoms with Gasteiger partial charge in [-0.05, 0) is 55.9 Å². The van der Waals surface area contributed by atoms with Gasteiger partial charge in [-0.1, -0.05) is 24.3 Å². The number of ether oxygens (including phenoxy) is 1. The van der Waals surface area contributed by atoms with Gasteiger partial charge in [-0.15, -0.1) is 0 Å². The van der Waals surface area contributed by atoms with Crippen LogP contribution in [0.15, 0.2) is 48.8 Å². The highest BCUT2D eigenvalue weighted by Gasteiger charge is 2.45. The average Bonchev–Trinajstić information content (AvgIpc) is 3.36. The normalized spacial score (nSPS) is 19.6. The van der Waals surface area contributed by atoms with Gasteiger partial charge in [0, 0.05) is 23.9 Å². The molecule has 1 saturated carbocycles. The van der Waals surface area contributed by atoms with Crippen LogP contribution in [0.3, 0.4) is 0 Å². The van der Waals surface area contributed by atoms with E-state index in [0.29, 0.717) is 5.92 Å². The maximum atomic E-state index is 12.6. The van der Waals surface area contributed by atoms with Gasteiger partial charge < -0.3 is 10.1 Å². The molecule has 1 fully saturated rings. The fourth-order valence-electron chi connectivity index (χ4n) is 3.24. The summed E-state index contributed by atoms with van der Waals surface area (Å²) in [4.78, 5) is 16.7. The molecule has 2 aromatic rings. The highest BCUT2D eigenvalue weighted by Crippen LogP contribution is 2.47. The summed E-state index contributed by atoms with van der Waals surface area (Å²) in [5, 5.41) is 3.20. The molecule has 2 unspecified atom stereocenters. The SMILES string of the molecule is COc1ccccc1CC(C)(C)NC(=O)C1CC1c1cccnc1. The molecule has 3 rings (SSSR count). The number of rotatable bonds is 6. The Morgan fingerprint density at radius 2 is 2.08 bits per heavy atom. The molecule has 0 radical (unpaired) electrons. The molecule has 1 amide bonds. The van der Waals surface area contributed by atoms with Gasteiger partial charge in [-0.3, -0.25) is 9.78 Å². The van der Waals surface area contributed by atoms with Crippen LogP contribution in [0.4, 0.5) is 0 Å². The third-order valence-electron chi connectivity index (χ3n) is 4.53. The van der Waals surface area contributed by atoms with E-state index in [1.807, 2.05) is 42.6 Å². The molecule has 1 N–H and O–H groups in total. The predicted octanol–water partition coefficient (Wildman–Crippen LogP) is 3.33. The fraction of sp³-hybridized carbons (Fsp3) is 0.400. The zero-order valence-corrected chi connectivity index (χ0v) is 14.5. The summed E-state index contributed by atoms with van der Waals surface area (Å²) < 4.78 is 5.41. The standard InChI is InChI=1S/C20H24N2O2/c1-20(2,12-14-7-4-5-9-18(14)24-3)22-19(23)17-11-16(17)15-8-6-10-21-13-15/h4-10,13,16-17H,11-12H2,1-3H3,(H,22,23). The van der Waals surface area contributed by atoms with Crippen LogP contribution in [0.2, 0.25) is 0 Å². The maximum Gasteiger partial charge on any atom is 0.224 e. The number of carbonyl (C=O) groups is 1. The molecular weight excluding hydrogens is 300 g/mol. The van der Waals surface area contributed by atoms with E-state index in [4.69, 9.17) is 4.74 Å². The maximum absolute atomic E-state index is 12.6. The zero-order valence-electron chi connectivity index (χ0n) is 14.5. The molecule has 2 atom stereocenters. The second-order valence-corrected chi connectivity index (χ2v) is 7.10. The number of nitrogens with one attached hydrogen (secondary N) is 1. The highest BCUT2D eigenvalue weighted by molar-refractivity contribution is 5.83. The first-order chi connectivity index (χ1) is 11.5. The predicted molar refractivity (Wildman–Crippen MR) is 94.0 cm³/mol. The topological polar surface area (TPSA) is 51.2 Å². The molecule has 126 valence electrons. The number of amides is 1. The largest absolute Gasteiger partial charge is 0.496 e. The van der Waals surface area contributed by atoms with Crippen LogP contribution in [-0.4, -0.2) is 23.5 Å². The van der Waals surface area contributed by atoms with Crippen molar-refractivity contribution in [1.29, 1.82) is 0 Å². The molecule has 0 saturated heterocycles. The Labute approximate surface area is 143 Å². The minimum atomic E-state index is -0.326. The Bertz CT molecular complexity index is 713. The Morgan fingerprint density at radius 3 is 2.79 bits per heavy atom. The van der Waals surface area contributed by atoms with Crippen LogP contribution < -0.4 is 10.1 Å². The van der Waals surface area contributed by atoms with E-state index in [1.54, 1.807) is 13.3 Å². The first-order valence-corrected chi connectivity index (χ1v) is 8.34. The smallest absolute Gasteiger partial charge is 0.224 e. The van der Waals surface area contributed by atoms with Crippen molar-refractivity contribution < 1.29 is 9.53 Å². The van der Waals surface area contributed by atoms with Crippen molar-refractivity contribution in [3.63, 3.8) is 0 Å². The van der Waals surface area contributed by atoms with Gasteiger partial charge in [0.1, 0.15) is 5.75 Å². The minimum Gasteiger partial charge on any atom is -0.496 e.